The minimum Gasteiger partial charge on any atom is -0.496 e. The normalized spacial score (nSPS) is 10.5. The third kappa shape index (κ3) is 3.69. The topological polar surface area (TPSA) is 21.3 Å². The first-order valence-electron chi connectivity index (χ1n) is 5.97. The monoisotopic (exact) mass is 279 g/mol. The molecule has 0 aliphatic rings. The van der Waals surface area contributed by atoms with Crippen molar-refractivity contribution < 1.29 is 9.13 Å². The zero-order valence-corrected chi connectivity index (χ0v) is 11.4. The summed E-state index contributed by atoms with van der Waals surface area (Å²) in [6.45, 7) is 1.24. The van der Waals surface area contributed by atoms with Crippen molar-refractivity contribution in [2.75, 3.05) is 7.11 Å². The van der Waals surface area contributed by atoms with Crippen LogP contribution in [0.25, 0.3) is 0 Å². The fourth-order valence-electron chi connectivity index (χ4n) is 1.84. The van der Waals surface area contributed by atoms with Crippen LogP contribution in [0.3, 0.4) is 0 Å². The molecule has 0 amide bonds. The minimum atomic E-state index is -0.391. The first kappa shape index (κ1) is 13.8. The van der Waals surface area contributed by atoms with Crippen LogP contribution in [0.15, 0.2) is 42.5 Å². The summed E-state index contributed by atoms with van der Waals surface area (Å²) >= 11 is 5.64. The standard InChI is InChI=1S/C15H15ClFNO/c1-19-15-5-3-2-4-12(15)10-18-9-11-6-7-13(16)14(17)8-11/h2-8,18H,9-10H2,1H3. The van der Waals surface area contributed by atoms with E-state index in [1.165, 1.54) is 6.07 Å². The molecule has 2 rings (SSSR count). The molecule has 0 aromatic heterocycles. The molecule has 0 saturated carbocycles. The Morgan fingerprint density at radius 2 is 1.95 bits per heavy atom. The highest BCUT2D eigenvalue weighted by Crippen LogP contribution is 2.18. The summed E-state index contributed by atoms with van der Waals surface area (Å²) in [5.74, 6) is 0.454. The number of ether oxygens (including phenoxy) is 1. The predicted octanol–water partition coefficient (Wildman–Crippen LogP) is 3.78. The van der Waals surface area contributed by atoms with Crippen LogP contribution >= 0.6 is 11.6 Å². The van der Waals surface area contributed by atoms with Gasteiger partial charge in [-0.25, -0.2) is 4.39 Å². The van der Waals surface area contributed by atoms with E-state index in [4.69, 9.17) is 16.3 Å². The number of para-hydroxylation sites is 1. The van der Waals surface area contributed by atoms with Gasteiger partial charge in [0.05, 0.1) is 12.1 Å². The van der Waals surface area contributed by atoms with Crippen molar-refractivity contribution in [1.29, 1.82) is 0 Å². The second kappa shape index (κ2) is 6.55. The Balaban J connectivity index is 1.94. The number of hydrogen-bond acceptors (Lipinski definition) is 2. The van der Waals surface area contributed by atoms with Crippen LogP contribution in [0.5, 0.6) is 5.75 Å². The molecule has 0 saturated heterocycles. The molecule has 19 heavy (non-hydrogen) atoms. The molecule has 100 valence electrons. The minimum absolute atomic E-state index is 0.147. The lowest BCUT2D eigenvalue weighted by Gasteiger charge is -2.09. The molecule has 2 aromatic carbocycles. The third-order valence-electron chi connectivity index (χ3n) is 2.82. The van der Waals surface area contributed by atoms with Crippen molar-refractivity contribution >= 4 is 11.6 Å². The quantitative estimate of drug-likeness (QED) is 0.899. The second-order valence-corrected chi connectivity index (χ2v) is 4.57. The smallest absolute Gasteiger partial charge is 0.142 e. The van der Waals surface area contributed by atoms with E-state index < -0.39 is 5.82 Å². The Kier molecular flexibility index (Phi) is 4.77. The Morgan fingerprint density at radius 1 is 1.16 bits per heavy atom. The van der Waals surface area contributed by atoms with E-state index in [-0.39, 0.29) is 5.02 Å². The van der Waals surface area contributed by atoms with Crippen molar-refractivity contribution in [2.45, 2.75) is 13.1 Å². The Morgan fingerprint density at radius 3 is 2.68 bits per heavy atom. The van der Waals surface area contributed by atoms with Gasteiger partial charge in [-0.1, -0.05) is 35.9 Å². The number of methoxy groups -OCH3 is 1. The van der Waals surface area contributed by atoms with Crippen molar-refractivity contribution in [2.24, 2.45) is 0 Å². The highest BCUT2D eigenvalue weighted by Gasteiger charge is 2.03. The lowest BCUT2D eigenvalue weighted by Crippen LogP contribution is -2.13. The van der Waals surface area contributed by atoms with Crippen molar-refractivity contribution in [1.82, 2.24) is 5.32 Å². The van der Waals surface area contributed by atoms with Gasteiger partial charge in [-0.05, 0) is 23.8 Å². The first-order chi connectivity index (χ1) is 9.20. The molecule has 0 aliphatic carbocycles. The van der Waals surface area contributed by atoms with Gasteiger partial charge in [0.1, 0.15) is 11.6 Å². The zero-order valence-electron chi connectivity index (χ0n) is 10.6. The lowest BCUT2D eigenvalue weighted by molar-refractivity contribution is 0.407. The third-order valence-corrected chi connectivity index (χ3v) is 3.13. The van der Waals surface area contributed by atoms with E-state index in [0.29, 0.717) is 13.1 Å². The lowest BCUT2D eigenvalue weighted by atomic mass is 10.2. The fourth-order valence-corrected chi connectivity index (χ4v) is 1.96. The average molecular weight is 280 g/mol. The van der Waals surface area contributed by atoms with Crippen LogP contribution in [0.1, 0.15) is 11.1 Å². The maximum absolute atomic E-state index is 13.3. The number of rotatable bonds is 5. The summed E-state index contributed by atoms with van der Waals surface area (Å²) in [6, 6.07) is 12.6. The van der Waals surface area contributed by atoms with Crippen LogP contribution in [0, 0.1) is 5.82 Å². The molecule has 2 aromatic rings. The molecule has 0 spiro atoms. The molecule has 2 nitrogen and oxygen atoms in total. The maximum atomic E-state index is 13.3. The van der Waals surface area contributed by atoms with Gasteiger partial charge in [0.2, 0.25) is 0 Å². The van der Waals surface area contributed by atoms with E-state index >= 15 is 0 Å². The van der Waals surface area contributed by atoms with Gasteiger partial charge in [0.15, 0.2) is 0 Å². The van der Waals surface area contributed by atoms with Gasteiger partial charge in [0, 0.05) is 18.7 Å². The van der Waals surface area contributed by atoms with Crippen LogP contribution in [0.4, 0.5) is 4.39 Å². The van der Waals surface area contributed by atoms with Gasteiger partial charge in [-0.2, -0.15) is 0 Å². The average Bonchev–Trinajstić information content (AvgIpc) is 2.43. The predicted molar refractivity (Wildman–Crippen MR) is 74.9 cm³/mol. The fraction of sp³-hybridized carbons (Fsp3) is 0.200. The zero-order chi connectivity index (χ0) is 13.7. The van der Waals surface area contributed by atoms with Crippen molar-refractivity contribution in [3.05, 3.63) is 64.4 Å². The van der Waals surface area contributed by atoms with E-state index in [1.807, 2.05) is 24.3 Å². The summed E-state index contributed by atoms with van der Waals surface area (Å²) in [4.78, 5) is 0. The largest absolute Gasteiger partial charge is 0.496 e. The molecular weight excluding hydrogens is 265 g/mol. The number of benzene rings is 2. The van der Waals surface area contributed by atoms with E-state index in [2.05, 4.69) is 5.32 Å². The molecule has 0 atom stereocenters. The van der Waals surface area contributed by atoms with E-state index in [0.717, 1.165) is 16.9 Å². The Hall–Kier alpha value is -1.58. The number of hydrogen-bond donors (Lipinski definition) is 1. The van der Waals surface area contributed by atoms with Crippen LogP contribution in [-0.4, -0.2) is 7.11 Å². The van der Waals surface area contributed by atoms with Gasteiger partial charge in [-0.15, -0.1) is 0 Å². The molecule has 0 unspecified atom stereocenters. The SMILES string of the molecule is COc1ccccc1CNCc1ccc(Cl)c(F)c1. The summed E-state index contributed by atoms with van der Waals surface area (Å²) in [6.07, 6.45) is 0. The Labute approximate surface area is 117 Å². The molecular formula is C15H15ClFNO. The molecule has 0 radical (unpaired) electrons. The van der Waals surface area contributed by atoms with Gasteiger partial charge in [0.25, 0.3) is 0 Å². The molecule has 1 N–H and O–H groups in total. The first-order valence-corrected chi connectivity index (χ1v) is 6.35. The summed E-state index contributed by atoms with van der Waals surface area (Å²) in [7, 11) is 1.65. The van der Waals surface area contributed by atoms with E-state index in [9.17, 15) is 4.39 Å². The van der Waals surface area contributed by atoms with E-state index in [1.54, 1.807) is 19.2 Å². The van der Waals surface area contributed by atoms with Gasteiger partial charge in [-0.3, -0.25) is 0 Å². The highest BCUT2D eigenvalue weighted by molar-refractivity contribution is 6.30. The maximum Gasteiger partial charge on any atom is 0.142 e. The number of halogens is 2. The summed E-state index contributed by atoms with van der Waals surface area (Å²) < 4.78 is 18.5. The summed E-state index contributed by atoms with van der Waals surface area (Å²) in [5.41, 5.74) is 1.93. The second-order valence-electron chi connectivity index (χ2n) is 4.16. The van der Waals surface area contributed by atoms with Crippen molar-refractivity contribution in [3.8, 4) is 5.75 Å². The highest BCUT2D eigenvalue weighted by atomic mass is 35.5. The molecule has 0 fully saturated rings. The molecule has 0 aliphatic heterocycles. The molecule has 0 heterocycles. The molecule has 4 heteroatoms. The molecule has 0 bridgehead atoms. The van der Waals surface area contributed by atoms with Gasteiger partial charge < -0.3 is 10.1 Å². The Bertz CT molecular complexity index is 560. The summed E-state index contributed by atoms with van der Waals surface area (Å²) in [5, 5.41) is 3.40. The van der Waals surface area contributed by atoms with Crippen LogP contribution in [0.2, 0.25) is 5.02 Å². The van der Waals surface area contributed by atoms with Gasteiger partial charge >= 0.3 is 0 Å². The van der Waals surface area contributed by atoms with Crippen LogP contribution < -0.4 is 10.1 Å². The number of nitrogens with one attached hydrogen (secondary N) is 1. The van der Waals surface area contributed by atoms with Crippen LogP contribution in [-0.2, 0) is 13.1 Å². The van der Waals surface area contributed by atoms with Crippen molar-refractivity contribution in [3.63, 3.8) is 0 Å².